The number of rotatable bonds is 5. The van der Waals surface area contributed by atoms with Crippen molar-refractivity contribution in [2.24, 2.45) is 17.1 Å². The van der Waals surface area contributed by atoms with Crippen molar-refractivity contribution < 1.29 is 19.5 Å². The molecule has 1 rings (SSSR count). The fourth-order valence-electron chi connectivity index (χ4n) is 2.67. The number of hydrogen-bond acceptors (Lipinski definition) is 3. The number of likely N-dealkylation sites (tertiary alicyclic amines) is 1. The standard InChI is InChI=1S/C14H24N2O4/c1-9-4-5-10(13(15)20)8-16(9)11(17)6-14(2,3)7-12(18)19/h9-10H,4-8H2,1-3H3,(H2,15,20)(H,18,19). The van der Waals surface area contributed by atoms with Crippen LogP contribution < -0.4 is 5.73 Å². The minimum atomic E-state index is -0.912. The minimum absolute atomic E-state index is 0.0553. The number of amides is 2. The Morgan fingerprint density at radius 3 is 2.35 bits per heavy atom. The topological polar surface area (TPSA) is 101 Å². The average molecular weight is 284 g/mol. The predicted octanol–water partition coefficient (Wildman–Crippen LogP) is 0.990. The highest BCUT2D eigenvalue weighted by molar-refractivity contribution is 5.81. The van der Waals surface area contributed by atoms with Gasteiger partial charge in [-0.1, -0.05) is 13.8 Å². The highest BCUT2D eigenvalue weighted by atomic mass is 16.4. The fraction of sp³-hybridized carbons (Fsp3) is 0.786. The second-order valence-electron chi connectivity index (χ2n) is 6.48. The Hall–Kier alpha value is -1.59. The van der Waals surface area contributed by atoms with Gasteiger partial charge in [-0.05, 0) is 25.2 Å². The molecule has 0 aromatic carbocycles. The van der Waals surface area contributed by atoms with Crippen molar-refractivity contribution in [2.75, 3.05) is 6.54 Å². The van der Waals surface area contributed by atoms with E-state index in [0.717, 1.165) is 6.42 Å². The third-order valence-electron chi connectivity index (χ3n) is 3.86. The Morgan fingerprint density at radius 2 is 1.85 bits per heavy atom. The lowest BCUT2D eigenvalue weighted by molar-refractivity contribution is -0.142. The first-order valence-corrected chi connectivity index (χ1v) is 6.93. The zero-order valence-electron chi connectivity index (χ0n) is 12.4. The first-order chi connectivity index (χ1) is 9.12. The van der Waals surface area contributed by atoms with E-state index in [2.05, 4.69) is 0 Å². The van der Waals surface area contributed by atoms with Gasteiger partial charge in [0.05, 0.1) is 12.3 Å². The van der Waals surface area contributed by atoms with Crippen molar-refractivity contribution in [1.29, 1.82) is 0 Å². The molecule has 0 aromatic heterocycles. The Labute approximate surface area is 119 Å². The number of hydrogen-bond donors (Lipinski definition) is 2. The molecule has 1 saturated heterocycles. The number of piperidine rings is 1. The molecule has 0 spiro atoms. The van der Waals surface area contributed by atoms with Gasteiger partial charge in [0.25, 0.3) is 0 Å². The number of aliphatic carboxylic acids is 1. The first-order valence-electron chi connectivity index (χ1n) is 6.93. The van der Waals surface area contributed by atoms with E-state index in [1.54, 1.807) is 18.7 Å². The van der Waals surface area contributed by atoms with E-state index >= 15 is 0 Å². The van der Waals surface area contributed by atoms with Crippen molar-refractivity contribution in [2.45, 2.75) is 52.5 Å². The molecule has 1 aliphatic rings. The third kappa shape index (κ3) is 4.51. The molecular weight excluding hydrogens is 260 g/mol. The summed E-state index contributed by atoms with van der Waals surface area (Å²) in [6.45, 7) is 5.82. The molecule has 6 nitrogen and oxygen atoms in total. The molecule has 1 fully saturated rings. The van der Waals surface area contributed by atoms with E-state index < -0.39 is 11.4 Å². The highest BCUT2D eigenvalue weighted by Gasteiger charge is 2.34. The highest BCUT2D eigenvalue weighted by Crippen LogP contribution is 2.29. The molecule has 2 amide bonds. The van der Waals surface area contributed by atoms with Gasteiger partial charge in [-0.2, -0.15) is 0 Å². The smallest absolute Gasteiger partial charge is 0.303 e. The maximum atomic E-state index is 12.4. The number of nitrogens with two attached hydrogens (primary N) is 1. The van der Waals surface area contributed by atoms with Crippen LogP contribution in [0.15, 0.2) is 0 Å². The van der Waals surface area contributed by atoms with Crippen LogP contribution in [0.3, 0.4) is 0 Å². The molecule has 0 radical (unpaired) electrons. The summed E-state index contributed by atoms with van der Waals surface area (Å²) in [7, 11) is 0. The van der Waals surface area contributed by atoms with E-state index in [1.165, 1.54) is 0 Å². The Morgan fingerprint density at radius 1 is 1.25 bits per heavy atom. The SMILES string of the molecule is CC1CCC(C(N)=O)CN1C(=O)CC(C)(C)CC(=O)O. The van der Waals surface area contributed by atoms with Crippen molar-refractivity contribution in [3.05, 3.63) is 0 Å². The van der Waals surface area contributed by atoms with Crippen LogP contribution in [0.4, 0.5) is 0 Å². The third-order valence-corrected chi connectivity index (χ3v) is 3.86. The van der Waals surface area contributed by atoms with Gasteiger partial charge in [-0.15, -0.1) is 0 Å². The van der Waals surface area contributed by atoms with Crippen LogP contribution in [0, 0.1) is 11.3 Å². The summed E-state index contributed by atoms with van der Waals surface area (Å²) in [6.07, 6.45) is 1.56. The minimum Gasteiger partial charge on any atom is -0.481 e. The van der Waals surface area contributed by atoms with Crippen LogP contribution in [-0.2, 0) is 14.4 Å². The number of nitrogens with zero attached hydrogens (tertiary/aromatic N) is 1. The monoisotopic (exact) mass is 284 g/mol. The number of primary amides is 1. The Bertz CT molecular complexity index is 406. The largest absolute Gasteiger partial charge is 0.481 e. The van der Waals surface area contributed by atoms with Gasteiger partial charge in [0.2, 0.25) is 11.8 Å². The van der Waals surface area contributed by atoms with E-state index in [-0.39, 0.29) is 36.6 Å². The molecular formula is C14H24N2O4. The summed E-state index contributed by atoms with van der Waals surface area (Å²) < 4.78 is 0. The zero-order valence-corrected chi connectivity index (χ0v) is 12.4. The lowest BCUT2D eigenvalue weighted by Gasteiger charge is -2.38. The van der Waals surface area contributed by atoms with E-state index in [0.29, 0.717) is 13.0 Å². The summed E-state index contributed by atoms with van der Waals surface area (Å²) in [5.41, 5.74) is 4.72. The molecule has 0 bridgehead atoms. The van der Waals surface area contributed by atoms with Crippen LogP contribution in [-0.4, -0.2) is 40.4 Å². The van der Waals surface area contributed by atoms with Crippen molar-refractivity contribution >= 4 is 17.8 Å². The zero-order chi connectivity index (χ0) is 15.5. The molecule has 6 heteroatoms. The van der Waals surface area contributed by atoms with Crippen LogP contribution in [0.1, 0.15) is 46.5 Å². The molecule has 0 aliphatic carbocycles. The van der Waals surface area contributed by atoms with Gasteiger partial charge in [0.1, 0.15) is 0 Å². The first kappa shape index (κ1) is 16.5. The van der Waals surface area contributed by atoms with Crippen LogP contribution in [0.25, 0.3) is 0 Å². The molecule has 0 saturated carbocycles. The summed E-state index contributed by atoms with van der Waals surface area (Å²) in [4.78, 5) is 36.1. The van der Waals surface area contributed by atoms with Crippen LogP contribution >= 0.6 is 0 Å². The number of carbonyl (C=O) groups is 3. The van der Waals surface area contributed by atoms with Crippen molar-refractivity contribution in [3.8, 4) is 0 Å². The second-order valence-corrected chi connectivity index (χ2v) is 6.48. The van der Waals surface area contributed by atoms with Gasteiger partial charge in [-0.25, -0.2) is 0 Å². The van der Waals surface area contributed by atoms with Gasteiger partial charge in [0.15, 0.2) is 0 Å². The quantitative estimate of drug-likeness (QED) is 0.786. The molecule has 1 heterocycles. The maximum Gasteiger partial charge on any atom is 0.303 e. The summed E-state index contributed by atoms with van der Waals surface area (Å²) in [5.74, 6) is -1.68. The predicted molar refractivity (Wildman–Crippen MR) is 73.7 cm³/mol. The van der Waals surface area contributed by atoms with E-state index in [4.69, 9.17) is 10.8 Å². The molecule has 1 aliphatic heterocycles. The summed E-state index contributed by atoms with van der Waals surface area (Å²) >= 11 is 0. The Balaban J connectivity index is 2.69. The van der Waals surface area contributed by atoms with Gasteiger partial charge in [-0.3, -0.25) is 14.4 Å². The number of carboxylic acids is 1. The van der Waals surface area contributed by atoms with Gasteiger partial charge in [0, 0.05) is 19.0 Å². The van der Waals surface area contributed by atoms with Crippen LogP contribution in [0.5, 0.6) is 0 Å². The van der Waals surface area contributed by atoms with Crippen molar-refractivity contribution in [1.82, 2.24) is 4.90 Å². The molecule has 114 valence electrons. The number of carbonyl (C=O) groups excluding carboxylic acids is 2. The second kappa shape index (κ2) is 6.24. The fourth-order valence-corrected chi connectivity index (χ4v) is 2.67. The molecule has 20 heavy (non-hydrogen) atoms. The van der Waals surface area contributed by atoms with E-state index in [9.17, 15) is 14.4 Å². The van der Waals surface area contributed by atoms with Crippen molar-refractivity contribution in [3.63, 3.8) is 0 Å². The lowest BCUT2D eigenvalue weighted by atomic mass is 9.84. The Kier molecular flexibility index (Phi) is 5.14. The summed E-state index contributed by atoms with van der Waals surface area (Å²) in [6, 6.07) is 0.0683. The molecule has 3 N–H and O–H groups in total. The lowest BCUT2D eigenvalue weighted by Crippen LogP contribution is -2.49. The molecule has 0 aromatic rings. The van der Waals surface area contributed by atoms with E-state index in [1.807, 2.05) is 6.92 Å². The maximum absolute atomic E-state index is 12.4. The molecule has 2 atom stereocenters. The number of carboxylic acid groups (broad SMARTS) is 1. The normalized spacial score (nSPS) is 23.4. The van der Waals surface area contributed by atoms with Gasteiger partial charge >= 0.3 is 5.97 Å². The van der Waals surface area contributed by atoms with Gasteiger partial charge < -0.3 is 15.7 Å². The summed E-state index contributed by atoms with van der Waals surface area (Å²) in [5, 5.41) is 8.85. The molecule has 2 unspecified atom stereocenters. The average Bonchev–Trinajstić information content (AvgIpc) is 2.26. The van der Waals surface area contributed by atoms with Crippen LogP contribution in [0.2, 0.25) is 0 Å².